The van der Waals surface area contributed by atoms with Crippen molar-refractivity contribution in [2.75, 3.05) is 0 Å². The fraction of sp³-hybridized carbons (Fsp3) is 0. The van der Waals surface area contributed by atoms with Crippen LogP contribution in [0.15, 0.2) is 28.0 Å². The molecule has 53 valence electrons. The summed E-state index contributed by atoms with van der Waals surface area (Å²) in [6.07, 6.45) is 0. The molecule has 0 aromatic heterocycles. The Balaban J connectivity index is 2.87. The van der Waals surface area contributed by atoms with E-state index >= 15 is 0 Å². The first-order valence-electron chi connectivity index (χ1n) is 2.45. The van der Waals surface area contributed by atoms with Crippen molar-refractivity contribution >= 4 is 24.3 Å². The lowest BCUT2D eigenvalue weighted by Gasteiger charge is -1.92. The number of hydrogen-bond acceptors (Lipinski definition) is 2. The maximum Gasteiger partial charge on any atom is 0.0819 e. The van der Waals surface area contributed by atoms with E-state index in [0.29, 0.717) is 9.79 Å². The predicted molar refractivity (Wildman–Crippen MR) is 39.2 cm³/mol. The lowest BCUT2D eigenvalue weighted by atomic mass is 10.4. The zero-order valence-electron chi connectivity index (χ0n) is 4.80. The summed E-state index contributed by atoms with van der Waals surface area (Å²) in [5.41, 5.74) is 0. The van der Waals surface area contributed by atoms with Gasteiger partial charge in [-0.25, -0.2) is 0 Å². The highest BCUT2D eigenvalue weighted by molar-refractivity contribution is 7.95. The second-order valence-corrected chi connectivity index (χ2v) is 2.76. The normalized spacial score (nSPS) is 9.80. The molecule has 0 heterocycles. The zero-order chi connectivity index (χ0) is 7.40. The van der Waals surface area contributed by atoms with Crippen LogP contribution in [-0.2, 0) is 0 Å². The lowest BCUT2D eigenvalue weighted by molar-refractivity contribution is 0.926. The van der Waals surface area contributed by atoms with E-state index in [2.05, 4.69) is 6.07 Å². The Kier molecular flexibility index (Phi) is 3.02. The van der Waals surface area contributed by atoms with Gasteiger partial charge in [-0.3, -0.25) is 0 Å². The summed E-state index contributed by atoms with van der Waals surface area (Å²) in [6.45, 7) is 0. The predicted octanol–water partition coefficient (Wildman–Crippen LogP) is 3.44. The molecule has 10 heavy (non-hydrogen) atoms. The van der Waals surface area contributed by atoms with Crippen molar-refractivity contribution in [1.82, 2.24) is 0 Å². The third kappa shape index (κ3) is 1.88. The summed E-state index contributed by atoms with van der Waals surface area (Å²) in [6, 6.07) is 7.02. The molecule has 0 saturated carbocycles. The second kappa shape index (κ2) is 3.83. The number of hydrogen-bond donors (Lipinski definition) is 0. The summed E-state index contributed by atoms with van der Waals surface area (Å²) in [7, 11) is 0. The molecular formula is C6H3F2S2. The summed E-state index contributed by atoms with van der Waals surface area (Å²) in [4.78, 5) is 0.710. The summed E-state index contributed by atoms with van der Waals surface area (Å²) >= 11 is 0.161. The molecule has 0 nitrogen and oxygen atoms in total. The first-order valence-corrected chi connectivity index (χ1v) is 3.89. The summed E-state index contributed by atoms with van der Waals surface area (Å²) < 4.78 is 23.6. The molecule has 0 atom stereocenters. The van der Waals surface area contributed by atoms with Gasteiger partial charge in [0.2, 0.25) is 0 Å². The Morgan fingerprint density at radius 3 is 2.70 bits per heavy atom. The molecule has 0 aliphatic carbocycles. The Morgan fingerprint density at radius 1 is 1.30 bits per heavy atom. The third-order valence-corrected chi connectivity index (χ3v) is 1.75. The van der Waals surface area contributed by atoms with Crippen LogP contribution in [0.1, 0.15) is 0 Å². The van der Waals surface area contributed by atoms with Crippen molar-refractivity contribution in [2.24, 2.45) is 0 Å². The van der Waals surface area contributed by atoms with Crippen molar-refractivity contribution in [3.05, 3.63) is 24.3 Å². The standard InChI is InChI=1S/C6H3F2S2/c7-9-5-2-1-3-6(4-5)10-8/h1-2,4H. The van der Waals surface area contributed by atoms with Gasteiger partial charge < -0.3 is 0 Å². The van der Waals surface area contributed by atoms with Crippen molar-refractivity contribution in [3.63, 3.8) is 0 Å². The van der Waals surface area contributed by atoms with Gasteiger partial charge in [0.15, 0.2) is 0 Å². The van der Waals surface area contributed by atoms with E-state index in [0.717, 1.165) is 0 Å². The van der Waals surface area contributed by atoms with E-state index in [4.69, 9.17) is 0 Å². The molecule has 0 fully saturated rings. The van der Waals surface area contributed by atoms with Crippen LogP contribution >= 0.6 is 24.3 Å². The van der Waals surface area contributed by atoms with Gasteiger partial charge in [0.25, 0.3) is 0 Å². The first-order chi connectivity index (χ1) is 4.86. The molecule has 0 spiro atoms. The Bertz CT molecular complexity index is 195. The smallest absolute Gasteiger partial charge is 0.0819 e. The molecule has 1 aromatic carbocycles. The Labute approximate surface area is 66.6 Å². The van der Waals surface area contributed by atoms with Crippen LogP contribution in [0.5, 0.6) is 0 Å². The second-order valence-electron chi connectivity index (χ2n) is 1.54. The largest absolute Gasteiger partial charge is 0.160 e. The number of rotatable bonds is 2. The molecule has 0 bridgehead atoms. The molecule has 0 unspecified atom stereocenters. The lowest BCUT2D eigenvalue weighted by Crippen LogP contribution is -1.69. The van der Waals surface area contributed by atoms with E-state index in [-0.39, 0.29) is 24.3 Å². The van der Waals surface area contributed by atoms with Crippen LogP contribution in [-0.4, -0.2) is 0 Å². The van der Waals surface area contributed by atoms with Gasteiger partial charge in [-0.05, 0) is 18.2 Å². The highest BCUT2D eigenvalue weighted by Crippen LogP contribution is 2.25. The highest BCUT2D eigenvalue weighted by atomic mass is 32.2. The zero-order valence-corrected chi connectivity index (χ0v) is 6.44. The molecule has 0 aliphatic heterocycles. The minimum absolute atomic E-state index is 0.0628. The monoisotopic (exact) mass is 177 g/mol. The van der Waals surface area contributed by atoms with E-state index in [9.17, 15) is 7.77 Å². The molecule has 1 aromatic rings. The van der Waals surface area contributed by atoms with Crippen LogP contribution in [0.2, 0.25) is 0 Å². The van der Waals surface area contributed by atoms with Crippen LogP contribution < -0.4 is 0 Å². The van der Waals surface area contributed by atoms with E-state index in [1.807, 2.05) is 0 Å². The minimum Gasteiger partial charge on any atom is -0.160 e. The van der Waals surface area contributed by atoms with Crippen LogP contribution in [0, 0.1) is 6.07 Å². The van der Waals surface area contributed by atoms with Gasteiger partial charge >= 0.3 is 0 Å². The van der Waals surface area contributed by atoms with E-state index in [1.54, 1.807) is 0 Å². The molecule has 4 heteroatoms. The third-order valence-electron chi connectivity index (χ3n) is 0.919. The van der Waals surface area contributed by atoms with Crippen LogP contribution in [0.25, 0.3) is 0 Å². The topological polar surface area (TPSA) is 0 Å². The molecule has 0 saturated heterocycles. The molecule has 0 N–H and O–H groups in total. The molecule has 1 rings (SSSR count). The Morgan fingerprint density at radius 2 is 2.10 bits per heavy atom. The summed E-state index contributed by atoms with van der Waals surface area (Å²) in [5.74, 6) is 0. The van der Waals surface area contributed by atoms with E-state index in [1.165, 1.54) is 18.2 Å². The van der Waals surface area contributed by atoms with Crippen LogP contribution in [0.4, 0.5) is 7.77 Å². The van der Waals surface area contributed by atoms with Crippen LogP contribution in [0.3, 0.4) is 0 Å². The minimum atomic E-state index is 0.0628. The van der Waals surface area contributed by atoms with Crippen molar-refractivity contribution in [3.8, 4) is 0 Å². The highest BCUT2D eigenvalue weighted by Gasteiger charge is 1.95. The average Bonchev–Trinajstić information content (AvgIpc) is 2.05. The average molecular weight is 177 g/mol. The van der Waals surface area contributed by atoms with Gasteiger partial charge in [0.05, 0.1) is 24.3 Å². The van der Waals surface area contributed by atoms with Gasteiger partial charge in [0, 0.05) is 9.79 Å². The SMILES string of the molecule is FSc1[c]ccc(SF)c1. The van der Waals surface area contributed by atoms with Gasteiger partial charge in [-0.2, -0.15) is 7.77 Å². The molecular weight excluding hydrogens is 174 g/mol. The summed E-state index contributed by atoms with van der Waals surface area (Å²) in [5, 5.41) is 0. The fourth-order valence-electron chi connectivity index (χ4n) is 0.517. The quantitative estimate of drug-likeness (QED) is 0.678. The van der Waals surface area contributed by atoms with Crippen molar-refractivity contribution < 1.29 is 7.77 Å². The van der Waals surface area contributed by atoms with Crippen molar-refractivity contribution in [2.45, 2.75) is 9.79 Å². The molecule has 1 radical (unpaired) electrons. The maximum atomic E-state index is 11.8. The van der Waals surface area contributed by atoms with Gasteiger partial charge in [-0.15, -0.1) is 0 Å². The molecule has 0 aliphatic rings. The number of benzene rings is 1. The van der Waals surface area contributed by atoms with E-state index < -0.39 is 0 Å². The van der Waals surface area contributed by atoms with Gasteiger partial charge in [0.1, 0.15) is 0 Å². The molecule has 0 amide bonds. The Hall–Kier alpha value is -0.220. The fourth-order valence-corrected chi connectivity index (χ4v) is 1.16. The van der Waals surface area contributed by atoms with Crippen molar-refractivity contribution in [1.29, 1.82) is 0 Å². The number of halogens is 2. The first kappa shape index (κ1) is 7.88. The van der Waals surface area contributed by atoms with Gasteiger partial charge in [-0.1, -0.05) is 6.07 Å². The maximum absolute atomic E-state index is 11.8.